The minimum atomic E-state index is -3.55. The lowest BCUT2D eigenvalue weighted by molar-refractivity contribution is -0.396. The van der Waals surface area contributed by atoms with Gasteiger partial charge >= 0.3 is 17.7 Å². The molecule has 8 nitrogen and oxygen atoms in total. The SMILES string of the molecule is O=C(O)C(O)C(O)(OO)C(=O)O. The van der Waals surface area contributed by atoms with Crippen LogP contribution in [0.25, 0.3) is 0 Å². The summed E-state index contributed by atoms with van der Waals surface area (Å²) in [6.45, 7) is 0. The fourth-order valence-electron chi connectivity index (χ4n) is 0.373. The number of carboxylic acid groups (broad SMARTS) is 2. The number of carboxylic acids is 2. The molecule has 8 heteroatoms. The van der Waals surface area contributed by atoms with Gasteiger partial charge in [-0.25, -0.2) is 14.8 Å². The van der Waals surface area contributed by atoms with Crippen LogP contribution in [-0.4, -0.2) is 49.5 Å². The lowest BCUT2D eigenvalue weighted by Crippen LogP contribution is -2.54. The first-order chi connectivity index (χ1) is 5.36. The number of hydrogen-bond acceptors (Lipinski definition) is 6. The number of aliphatic hydroxyl groups excluding tert-OH is 1. The Kier molecular flexibility index (Phi) is 3.10. The van der Waals surface area contributed by atoms with Crippen LogP contribution in [0.3, 0.4) is 0 Å². The Labute approximate surface area is 65.2 Å². The van der Waals surface area contributed by atoms with Gasteiger partial charge in [-0.05, 0) is 0 Å². The van der Waals surface area contributed by atoms with Crippen molar-refractivity contribution in [2.45, 2.75) is 11.9 Å². The summed E-state index contributed by atoms with van der Waals surface area (Å²) in [4.78, 5) is 22.9. The Morgan fingerprint density at radius 3 is 1.83 bits per heavy atom. The maximum Gasteiger partial charge on any atom is 0.370 e. The third kappa shape index (κ3) is 1.68. The van der Waals surface area contributed by atoms with Crippen molar-refractivity contribution in [2.24, 2.45) is 0 Å². The highest BCUT2D eigenvalue weighted by atomic mass is 17.1. The number of hydrogen-bond donors (Lipinski definition) is 5. The van der Waals surface area contributed by atoms with Crippen LogP contribution in [-0.2, 0) is 14.5 Å². The van der Waals surface area contributed by atoms with Gasteiger partial charge in [0.1, 0.15) is 0 Å². The Morgan fingerprint density at radius 2 is 1.75 bits per heavy atom. The van der Waals surface area contributed by atoms with Gasteiger partial charge in [0.2, 0.25) is 6.10 Å². The van der Waals surface area contributed by atoms with E-state index in [4.69, 9.17) is 25.7 Å². The molecule has 0 heterocycles. The molecule has 2 unspecified atom stereocenters. The number of aliphatic carboxylic acids is 2. The first-order valence-electron chi connectivity index (χ1n) is 2.55. The summed E-state index contributed by atoms with van der Waals surface area (Å²) in [5.41, 5.74) is 0. The van der Waals surface area contributed by atoms with E-state index in [9.17, 15) is 9.59 Å². The molecule has 0 aliphatic carbocycles. The summed E-state index contributed by atoms with van der Waals surface area (Å²) in [5, 5.41) is 41.1. The largest absolute Gasteiger partial charge is 0.479 e. The van der Waals surface area contributed by atoms with E-state index in [2.05, 4.69) is 4.89 Å². The first-order valence-corrected chi connectivity index (χ1v) is 2.55. The van der Waals surface area contributed by atoms with Gasteiger partial charge in [0.05, 0.1) is 0 Å². The molecule has 0 rings (SSSR count). The van der Waals surface area contributed by atoms with Crippen LogP contribution in [0.1, 0.15) is 0 Å². The zero-order chi connectivity index (χ0) is 9.94. The van der Waals surface area contributed by atoms with E-state index in [1.165, 1.54) is 0 Å². The highest BCUT2D eigenvalue weighted by Gasteiger charge is 2.50. The maximum absolute atomic E-state index is 10.0. The van der Waals surface area contributed by atoms with Gasteiger partial charge in [0, 0.05) is 0 Å². The van der Waals surface area contributed by atoms with Crippen LogP contribution in [0.4, 0.5) is 0 Å². The van der Waals surface area contributed by atoms with Crippen molar-refractivity contribution in [2.75, 3.05) is 0 Å². The Balaban J connectivity index is 4.75. The Morgan fingerprint density at radius 1 is 1.33 bits per heavy atom. The molecule has 0 aromatic heterocycles. The van der Waals surface area contributed by atoms with E-state index in [0.717, 1.165) is 0 Å². The maximum atomic E-state index is 10.0. The van der Waals surface area contributed by atoms with Crippen molar-refractivity contribution >= 4 is 11.9 Å². The Hall–Kier alpha value is -1.22. The third-order valence-corrected chi connectivity index (χ3v) is 1.05. The molecule has 0 radical (unpaired) electrons. The monoisotopic (exact) mass is 182 g/mol. The van der Waals surface area contributed by atoms with Crippen LogP contribution in [0.2, 0.25) is 0 Å². The fourth-order valence-corrected chi connectivity index (χ4v) is 0.373. The lowest BCUT2D eigenvalue weighted by atomic mass is 10.1. The summed E-state index contributed by atoms with van der Waals surface area (Å²) in [6, 6.07) is 0. The van der Waals surface area contributed by atoms with Gasteiger partial charge in [-0.1, -0.05) is 0 Å². The van der Waals surface area contributed by atoms with Gasteiger partial charge in [0.15, 0.2) is 0 Å². The van der Waals surface area contributed by atoms with Crippen molar-refractivity contribution in [1.29, 1.82) is 0 Å². The quantitative estimate of drug-likeness (QED) is 0.185. The summed E-state index contributed by atoms with van der Waals surface area (Å²) in [7, 11) is 0. The first kappa shape index (κ1) is 10.8. The predicted molar refractivity (Wildman–Crippen MR) is 29.9 cm³/mol. The number of rotatable bonds is 4. The second kappa shape index (κ2) is 3.45. The molecular formula is C4H6O8. The normalized spacial score (nSPS) is 17.9. The molecule has 2 atom stereocenters. The van der Waals surface area contributed by atoms with Crippen molar-refractivity contribution < 1.29 is 40.2 Å². The predicted octanol–water partition coefficient (Wildman–Crippen LogP) is -2.31. The zero-order valence-corrected chi connectivity index (χ0v) is 5.54. The summed E-state index contributed by atoms with van der Waals surface area (Å²) < 4.78 is 0. The molecule has 12 heavy (non-hydrogen) atoms. The second-order valence-corrected chi connectivity index (χ2v) is 1.83. The van der Waals surface area contributed by atoms with Crippen LogP contribution >= 0.6 is 0 Å². The highest BCUT2D eigenvalue weighted by molar-refractivity contribution is 5.85. The molecule has 0 spiro atoms. The average Bonchev–Trinajstić information content (AvgIpc) is 2.01. The molecule has 0 bridgehead atoms. The average molecular weight is 182 g/mol. The van der Waals surface area contributed by atoms with Crippen LogP contribution in [0.15, 0.2) is 0 Å². The molecule has 0 amide bonds. The van der Waals surface area contributed by atoms with Crippen molar-refractivity contribution in [3.05, 3.63) is 0 Å². The van der Waals surface area contributed by atoms with E-state index >= 15 is 0 Å². The second-order valence-electron chi connectivity index (χ2n) is 1.83. The molecule has 0 fully saturated rings. The summed E-state index contributed by atoms with van der Waals surface area (Å²) in [6.07, 6.45) is -2.78. The van der Waals surface area contributed by atoms with E-state index < -0.39 is 23.8 Å². The molecule has 0 aromatic rings. The van der Waals surface area contributed by atoms with E-state index in [1.807, 2.05) is 0 Å². The van der Waals surface area contributed by atoms with Gasteiger partial charge in [-0.15, -0.1) is 0 Å². The minimum Gasteiger partial charge on any atom is -0.479 e. The van der Waals surface area contributed by atoms with E-state index in [-0.39, 0.29) is 0 Å². The van der Waals surface area contributed by atoms with Crippen molar-refractivity contribution in [3.63, 3.8) is 0 Å². The lowest BCUT2D eigenvalue weighted by Gasteiger charge is -2.21. The highest BCUT2D eigenvalue weighted by Crippen LogP contribution is 2.11. The van der Waals surface area contributed by atoms with Crippen LogP contribution < -0.4 is 0 Å². The molecule has 0 aliphatic heterocycles. The van der Waals surface area contributed by atoms with Gasteiger partial charge in [-0.3, -0.25) is 0 Å². The van der Waals surface area contributed by atoms with E-state index in [1.54, 1.807) is 0 Å². The minimum absolute atomic E-state index is 2.05. The number of carbonyl (C=O) groups is 2. The molecule has 0 saturated heterocycles. The van der Waals surface area contributed by atoms with Crippen LogP contribution in [0.5, 0.6) is 0 Å². The van der Waals surface area contributed by atoms with Gasteiger partial charge in [-0.2, -0.15) is 4.89 Å². The summed E-state index contributed by atoms with van der Waals surface area (Å²) >= 11 is 0. The molecule has 0 aromatic carbocycles. The topological polar surface area (TPSA) is 145 Å². The smallest absolute Gasteiger partial charge is 0.370 e. The van der Waals surface area contributed by atoms with Crippen molar-refractivity contribution in [1.82, 2.24) is 0 Å². The number of aliphatic hydroxyl groups is 2. The van der Waals surface area contributed by atoms with Gasteiger partial charge < -0.3 is 20.4 Å². The molecular weight excluding hydrogens is 176 g/mol. The fraction of sp³-hybridized carbons (Fsp3) is 0.500. The standard InChI is InChI=1S/C4H6O8/c5-1(2(6)7)4(10,12-11)3(8)9/h1,5,10-11H,(H,6,7)(H,8,9). The molecule has 5 N–H and O–H groups in total. The third-order valence-electron chi connectivity index (χ3n) is 1.05. The van der Waals surface area contributed by atoms with Crippen LogP contribution in [0, 0.1) is 0 Å². The van der Waals surface area contributed by atoms with E-state index in [0.29, 0.717) is 0 Å². The Bertz CT molecular complexity index is 199. The molecule has 0 saturated carbocycles. The zero-order valence-electron chi connectivity index (χ0n) is 5.54. The van der Waals surface area contributed by atoms with Crippen molar-refractivity contribution in [3.8, 4) is 0 Å². The molecule has 0 aliphatic rings. The van der Waals surface area contributed by atoms with Gasteiger partial charge in [0.25, 0.3) is 0 Å². The molecule has 70 valence electrons. The summed E-state index contributed by atoms with van der Waals surface area (Å²) in [5.74, 6) is -7.82.